The van der Waals surface area contributed by atoms with Gasteiger partial charge in [-0.3, -0.25) is 0 Å². The number of rotatable bonds is 6. The van der Waals surface area contributed by atoms with Crippen molar-refractivity contribution in [2.24, 2.45) is 0 Å². The second-order valence-electron chi connectivity index (χ2n) is 4.96. The van der Waals surface area contributed by atoms with Gasteiger partial charge in [-0.05, 0) is 30.4 Å². The van der Waals surface area contributed by atoms with E-state index in [0.717, 1.165) is 22.9 Å². The highest BCUT2D eigenvalue weighted by atomic mass is 35.5. The maximum atomic E-state index is 10.2. The number of ether oxygens (including phenoxy) is 1. The monoisotopic (exact) mass is 295 g/mol. The molecule has 3 nitrogen and oxygen atoms in total. The van der Waals surface area contributed by atoms with E-state index < -0.39 is 6.10 Å². The second-order valence-corrected chi connectivity index (χ2v) is 4.96. The highest BCUT2D eigenvalue weighted by Crippen LogP contribution is 2.24. The smallest absolute Gasteiger partial charge is 0.103 e. The van der Waals surface area contributed by atoms with Crippen molar-refractivity contribution in [3.05, 3.63) is 48.0 Å². The minimum absolute atomic E-state index is 0. The van der Waals surface area contributed by atoms with Crippen LogP contribution >= 0.6 is 12.4 Å². The van der Waals surface area contributed by atoms with Crippen LogP contribution in [0.3, 0.4) is 0 Å². The SMILES string of the molecule is CN(C)CCOCC(O)c1cccc2ccccc12.Cl. The van der Waals surface area contributed by atoms with E-state index in [0.29, 0.717) is 13.2 Å². The molecule has 0 radical (unpaired) electrons. The fourth-order valence-corrected chi connectivity index (χ4v) is 2.07. The van der Waals surface area contributed by atoms with E-state index in [1.54, 1.807) is 0 Å². The third-order valence-electron chi connectivity index (χ3n) is 3.14. The van der Waals surface area contributed by atoms with E-state index in [1.807, 2.05) is 44.4 Å². The quantitative estimate of drug-likeness (QED) is 0.832. The lowest BCUT2D eigenvalue weighted by Crippen LogP contribution is -2.19. The molecule has 0 aliphatic carbocycles. The Hall–Kier alpha value is -1.13. The molecule has 0 saturated carbocycles. The van der Waals surface area contributed by atoms with E-state index in [-0.39, 0.29) is 12.4 Å². The molecule has 4 heteroatoms. The van der Waals surface area contributed by atoms with Crippen LogP contribution in [0.5, 0.6) is 0 Å². The molecule has 0 aromatic heterocycles. The molecule has 0 amide bonds. The summed E-state index contributed by atoms with van der Waals surface area (Å²) in [5.41, 5.74) is 0.933. The Bertz CT molecular complexity index is 525. The van der Waals surface area contributed by atoms with Crippen LogP contribution in [-0.4, -0.2) is 43.9 Å². The molecule has 1 atom stereocenters. The number of nitrogens with zero attached hydrogens (tertiary/aromatic N) is 1. The summed E-state index contributed by atoms with van der Waals surface area (Å²) in [6, 6.07) is 14.1. The summed E-state index contributed by atoms with van der Waals surface area (Å²) in [4.78, 5) is 2.06. The summed E-state index contributed by atoms with van der Waals surface area (Å²) in [5.74, 6) is 0. The van der Waals surface area contributed by atoms with Gasteiger partial charge in [-0.25, -0.2) is 0 Å². The lowest BCUT2D eigenvalue weighted by Gasteiger charge is -2.15. The van der Waals surface area contributed by atoms with Crippen molar-refractivity contribution in [2.75, 3.05) is 33.9 Å². The summed E-state index contributed by atoms with van der Waals surface area (Å²) >= 11 is 0. The zero-order valence-corrected chi connectivity index (χ0v) is 12.8. The first kappa shape index (κ1) is 16.9. The van der Waals surface area contributed by atoms with Crippen LogP contribution in [-0.2, 0) is 4.74 Å². The van der Waals surface area contributed by atoms with Crippen molar-refractivity contribution < 1.29 is 9.84 Å². The van der Waals surface area contributed by atoms with Gasteiger partial charge < -0.3 is 14.7 Å². The Morgan fingerprint density at radius 1 is 1.10 bits per heavy atom. The molecule has 0 bridgehead atoms. The van der Waals surface area contributed by atoms with Gasteiger partial charge in [-0.15, -0.1) is 12.4 Å². The van der Waals surface area contributed by atoms with Crippen molar-refractivity contribution in [3.63, 3.8) is 0 Å². The number of hydrogen-bond donors (Lipinski definition) is 1. The molecule has 2 aromatic carbocycles. The number of halogens is 1. The average molecular weight is 296 g/mol. The van der Waals surface area contributed by atoms with Gasteiger partial charge >= 0.3 is 0 Å². The average Bonchev–Trinajstić information content (AvgIpc) is 2.42. The summed E-state index contributed by atoms with van der Waals surface area (Å²) in [5, 5.41) is 12.5. The third-order valence-corrected chi connectivity index (χ3v) is 3.14. The van der Waals surface area contributed by atoms with Crippen LogP contribution in [0, 0.1) is 0 Å². The van der Waals surface area contributed by atoms with Crippen LogP contribution in [0.25, 0.3) is 10.8 Å². The summed E-state index contributed by atoms with van der Waals surface area (Å²) in [7, 11) is 4.01. The van der Waals surface area contributed by atoms with Gasteiger partial charge in [-0.2, -0.15) is 0 Å². The fourth-order valence-electron chi connectivity index (χ4n) is 2.07. The molecule has 1 N–H and O–H groups in total. The van der Waals surface area contributed by atoms with Crippen molar-refractivity contribution >= 4 is 23.2 Å². The Balaban J connectivity index is 0.00000200. The van der Waals surface area contributed by atoms with Crippen LogP contribution < -0.4 is 0 Å². The first-order valence-electron chi connectivity index (χ1n) is 6.56. The van der Waals surface area contributed by atoms with Crippen LogP contribution in [0.1, 0.15) is 11.7 Å². The van der Waals surface area contributed by atoms with E-state index in [1.165, 1.54) is 0 Å². The van der Waals surface area contributed by atoms with Crippen LogP contribution in [0.2, 0.25) is 0 Å². The minimum Gasteiger partial charge on any atom is -0.386 e. The normalized spacial score (nSPS) is 12.4. The summed E-state index contributed by atoms with van der Waals surface area (Å²) < 4.78 is 5.52. The molecule has 0 aliphatic rings. The van der Waals surface area contributed by atoms with Gasteiger partial charge in [0.1, 0.15) is 6.10 Å². The largest absolute Gasteiger partial charge is 0.386 e. The number of aliphatic hydroxyl groups excluding tert-OH is 1. The standard InChI is InChI=1S/C16H21NO2.ClH/c1-17(2)10-11-19-12-16(18)15-9-5-7-13-6-3-4-8-14(13)15;/h3-9,16,18H,10-12H2,1-2H3;1H. The topological polar surface area (TPSA) is 32.7 Å². The van der Waals surface area contributed by atoms with Crippen molar-refractivity contribution in [2.45, 2.75) is 6.10 Å². The molecule has 2 aromatic rings. The van der Waals surface area contributed by atoms with Gasteiger partial charge in [-0.1, -0.05) is 42.5 Å². The minimum atomic E-state index is -0.576. The van der Waals surface area contributed by atoms with E-state index in [2.05, 4.69) is 17.0 Å². The molecule has 0 spiro atoms. The number of fused-ring (bicyclic) bond motifs is 1. The Morgan fingerprint density at radius 2 is 1.80 bits per heavy atom. The Kier molecular flexibility index (Phi) is 6.96. The lowest BCUT2D eigenvalue weighted by molar-refractivity contribution is 0.0313. The molecule has 0 fully saturated rings. The molecule has 2 rings (SSSR count). The number of hydrogen-bond acceptors (Lipinski definition) is 3. The van der Waals surface area contributed by atoms with Gasteiger partial charge in [0, 0.05) is 6.54 Å². The lowest BCUT2D eigenvalue weighted by atomic mass is 10.0. The van der Waals surface area contributed by atoms with Gasteiger partial charge in [0.05, 0.1) is 13.2 Å². The highest BCUT2D eigenvalue weighted by Gasteiger charge is 2.10. The maximum absolute atomic E-state index is 10.2. The van der Waals surface area contributed by atoms with Crippen LogP contribution in [0.4, 0.5) is 0 Å². The summed E-state index contributed by atoms with van der Waals surface area (Å²) in [6.45, 7) is 1.83. The van der Waals surface area contributed by atoms with E-state index in [4.69, 9.17) is 4.74 Å². The molecule has 0 aliphatic heterocycles. The van der Waals surface area contributed by atoms with Gasteiger partial charge in [0.25, 0.3) is 0 Å². The van der Waals surface area contributed by atoms with Crippen molar-refractivity contribution in [3.8, 4) is 0 Å². The first-order valence-corrected chi connectivity index (χ1v) is 6.56. The third kappa shape index (κ3) is 4.46. The maximum Gasteiger partial charge on any atom is 0.103 e. The summed E-state index contributed by atoms with van der Waals surface area (Å²) in [6.07, 6.45) is -0.576. The Morgan fingerprint density at radius 3 is 2.55 bits per heavy atom. The molecule has 0 saturated heterocycles. The zero-order chi connectivity index (χ0) is 13.7. The first-order chi connectivity index (χ1) is 9.18. The molecular weight excluding hydrogens is 274 g/mol. The molecule has 1 unspecified atom stereocenters. The molecule has 0 heterocycles. The highest BCUT2D eigenvalue weighted by molar-refractivity contribution is 5.86. The number of aliphatic hydroxyl groups is 1. The zero-order valence-electron chi connectivity index (χ0n) is 12.0. The van der Waals surface area contributed by atoms with E-state index >= 15 is 0 Å². The van der Waals surface area contributed by atoms with Crippen LogP contribution in [0.15, 0.2) is 42.5 Å². The predicted octanol–water partition coefficient (Wildman–Crippen LogP) is 2.87. The molecule has 20 heavy (non-hydrogen) atoms. The second kappa shape index (κ2) is 8.22. The van der Waals surface area contributed by atoms with Gasteiger partial charge in [0.2, 0.25) is 0 Å². The number of likely N-dealkylation sites (N-methyl/N-ethyl adjacent to an activating group) is 1. The number of benzene rings is 2. The van der Waals surface area contributed by atoms with E-state index in [9.17, 15) is 5.11 Å². The fraction of sp³-hybridized carbons (Fsp3) is 0.375. The molecular formula is C16H22ClNO2. The van der Waals surface area contributed by atoms with Crippen molar-refractivity contribution in [1.29, 1.82) is 0 Å². The van der Waals surface area contributed by atoms with Gasteiger partial charge in [0.15, 0.2) is 0 Å². The molecule has 110 valence electrons. The Labute approximate surface area is 126 Å². The van der Waals surface area contributed by atoms with Crippen molar-refractivity contribution in [1.82, 2.24) is 4.90 Å². The predicted molar refractivity (Wildman–Crippen MR) is 85.5 cm³/mol.